The van der Waals surface area contributed by atoms with Gasteiger partial charge < -0.3 is 9.84 Å². The normalized spacial score (nSPS) is 9.42. The van der Waals surface area contributed by atoms with Crippen molar-refractivity contribution in [2.75, 3.05) is 6.54 Å². The van der Waals surface area contributed by atoms with Crippen LogP contribution in [0.15, 0.2) is 29.0 Å². The zero-order valence-electron chi connectivity index (χ0n) is 6.83. The summed E-state index contributed by atoms with van der Waals surface area (Å²) in [7, 11) is 0. The SMILES string of the molecule is C=C(C)CNC(=O)c1ccon1. The molecule has 0 aromatic carbocycles. The smallest absolute Gasteiger partial charge is 0.273 e. The molecule has 0 aliphatic heterocycles. The molecule has 4 nitrogen and oxygen atoms in total. The van der Waals surface area contributed by atoms with Gasteiger partial charge in [-0.05, 0) is 6.92 Å². The number of carbonyl (C=O) groups is 1. The van der Waals surface area contributed by atoms with E-state index in [1.807, 2.05) is 6.92 Å². The molecule has 12 heavy (non-hydrogen) atoms. The van der Waals surface area contributed by atoms with Crippen LogP contribution in [0, 0.1) is 0 Å². The number of nitrogens with one attached hydrogen (secondary N) is 1. The lowest BCUT2D eigenvalue weighted by Crippen LogP contribution is -2.24. The summed E-state index contributed by atoms with van der Waals surface area (Å²) in [6.07, 6.45) is 1.36. The van der Waals surface area contributed by atoms with Gasteiger partial charge in [0.1, 0.15) is 6.26 Å². The number of carbonyl (C=O) groups excluding carboxylic acids is 1. The first-order chi connectivity index (χ1) is 5.70. The second-order valence-electron chi connectivity index (χ2n) is 2.52. The van der Waals surface area contributed by atoms with Gasteiger partial charge in [-0.25, -0.2) is 0 Å². The van der Waals surface area contributed by atoms with Crippen LogP contribution in [0.1, 0.15) is 17.4 Å². The Balaban J connectivity index is 2.45. The molecule has 64 valence electrons. The van der Waals surface area contributed by atoms with Crippen molar-refractivity contribution in [3.8, 4) is 0 Å². The van der Waals surface area contributed by atoms with Crippen LogP contribution in [0.25, 0.3) is 0 Å². The summed E-state index contributed by atoms with van der Waals surface area (Å²) in [5, 5.41) is 6.10. The molecule has 1 heterocycles. The first kappa shape index (κ1) is 8.52. The number of hydrogen-bond acceptors (Lipinski definition) is 3. The molecular formula is C8H10N2O2. The largest absolute Gasteiger partial charge is 0.364 e. The second-order valence-corrected chi connectivity index (χ2v) is 2.52. The van der Waals surface area contributed by atoms with Gasteiger partial charge >= 0.3 is 0 Å². The molecule has 1 N–H and O–H groups in total. The van der Waals surface area contributed by atoms with Crippen LogP contribution < -0.4 is 5.32 Å². The van der Waals surface area contributed by atoms with Crippen LogP contribution in [0.2, 0.25) is 0 Å². The van der Waals surface area contributed by atoms with Crippen molar-refractivity contribution in [3.63, 3.8) is 0 Å². The Hall–Kier alpha value is -1.58. The minimum absolute atomic E-state index is 0.244. The predicted octanol–water partition coefficient (Wildman–Crippen LogP) is 0.980. The number of hydrogen-bond donors (Lipinski definition) is 1. The third kappa shape index (κ3) is 2.23. The lowest BCUT2D eigenvalue weighted by Gasteiger charge is -1.99. The van der Waals surface area contributed by atoms with Crippen molar-refractivity contribution >= 4 is 5.91 Å². The molecule has 0 aliphatic rings. The maximum absolute atomic E-state index is 11.1. The van der Waals surface area contributed by atoms with E-state index in [0.717, 1.165) is 5.57 Å². The number of amides is 1. The van der Waals surface area contributed by atoms with E-state index in [9.17, 15) is 4.79 Å². The van der Waals surface area contributed by atoms with Crippen LogP contribution in [0.5, 0.6) is 0 Å². The Morgan fingerprint density at radius 2 is 2.58 bits per heavy atom. The van der Waals surface area contributed by atoms with E-state index in [0.29, 0.717) is 6.54 Å². The number of aromatic nitrogens is 1. The summed E-state index contributed by atoms with van der Waals surface area (Å²) in [4.78, 5) is 11.1. The fraction of sp³-hybridized carbons (Fsp3) is 0.250. The fourth-order valence-corrected chi connectivity index (χ4v) is 0.651. The molecule has 1 aromatic rings. The Bertz CT molecular complexity index is 277. The van der Waals surface area contributed by atoms with E-state index in [-0.39, 0.29) is 11.6 Å². The maximum atomic E-state index is 11.1. The molecule has 0 fully saturated rings. The summed E-state index contributed by atoms with van der Waals surface area (Å²) < 4.78 is 4.51. The summed E-state index contributed by atoms with van der Waals surface area (Å²) >= 11 is 0. The Morgan fingerprint density at radius 1 is 1.83 bits per heavy atom. The molecule has 0 aliphatic carbocycles. The van der Waals surface area contributed by atoms with Crippen molar-refractivity contribution in [2.45, 2.75) is 6.92 Å². The third-order valence-electron chi connectivity index (χ3n) is 1.22. The van der Waals surface area contributed by atoms with E-state index in [1.165, 1.54) is 12.3 Å². The average molecular weight is 166 g/mol. The van der Waals surface area contributed by atoms with Gasteiger partial charge in [-0.1, -0.05) is 17.3 Å². The van der Waals surface area contributed by atoms with Gasteiger partial charge in [-0.3, -0.25) is 4.79 Å². The number of nitrogens with zero attached hydrogens (tertiary/aromatic N) is 1. The summed E-state index contributed by atoms with van der Waals surface area (Å²) in [5.74, 6) is -0.244. The van der Waals surface area contributed by atoms with Gasteiger partial charge in [0, 0.05) is 12.6 Å². The molecule has 0 atom stereocenters. The van der Waals surface area contributed by atoms with Gasteiger partial charge in [-0.2, -0.15) is 0 Å². The van der Waals surface area contributed by atoms with Crippen molar-refractivity contribution in [1.82, 2.24) is 10.5 Å². The molecular weight excluding hydrogens is 156 g/mol. The van der Waals surface area contributed by atoms with E-state index >= 15 is 0 Å². The number of rotatable bonds is 3. The fourth-order valence-electron chi connectivity index (χ4n) is 0.651. The summed E-state index contributed by atoms with van der Waals surface area (Å²) in [5.41, 5.74) is 1.18. The van der Waals surface area contributed by atoms with Crippen molar-refractivity contribution in [3.05, 3.63) is 30.2 Å². The van der Waals surface area contributed by atoms with Crippen LogP contribution in [0.3, 0.4) is 0 Å². The van der Waals surface area contributed by atoms with Crippen LogP contribution in [0.4, 0.5) is 0 Å². The zero-order valence-corrected chi connectivity index (χ0v) is 6.83. The highest BCUT2D eigenvalue weighted by Crippen LogP contribution is 1.93. The highest BCUT2D eigenvalue weighted by atomic mass is 16.5. The minimum Gasteiger partial charge on any atom is -0.364 e. The Kier molecular flexibility index (Phi) is 2.63. The van der Waals surface area contributed by atoms with Gasteiger partial charge in [0.2, 0.25) is 0 Å². The average Bonchev–Trinajstić information content (AvgIpc) is 2.51. The molecule has 0 unspecified atom stereocenters. The highest BCUT2D eigenvalue weighted by Gasteiger charge is 2.06. The molecule has 0 saturated heterocycles. The Labute approximate surface area is 70.2 Å². The van der Waals surface area contributed by atoms with Gasteiger partial charge in [0.25, 0.3) is 5.91 Å². The summed E-state index contributed by atoms with van der Waals surface area (Å²) in [6.45, 7) is 5.95. The van der Waals surface area contributed by atoms with E-state index in [4.69, 9.17) is 0 Å². The third-order valence-corrected chi connectivity index (χ3v) is 1.22. The van der Waals surface area contributed by atoms with Crippen LogP contribution in [-0.4, -0.2) is 17.6 Å². The first-order valence-corrected chi connectivity index (χ1v) is 3.53. The molecule has 1 aromatic heterocycles. The minimum atomic E-state index is -0.244. The molecule has 0 spiro atoms. The van der Waals surface area contributed by atoms with E-state index in [2.05, 4.69) is 21.6 Å². The standard InChI is InChI=1S/C8H10N2O2/c1-6(2)5-9-8(11)7-3-4-12-10-7/h3-4H,1,5H2,2H3,(H,9,11). The first-order valence-electron chi connectivity index (χ1n) is 3.53. The lowest BCUT2D eigenvalue weighted by atomic mass is 10.3. The van der Waals surface area contributed by atoms with Crippen molar-refractivity contribution in [1.29, 1.82) is 0 Å². The molecule has 1 amide bonds. The quantitative estimate of drug-likeness (QED) is 0.681. The van der Waals surface area contributed by atoms with E-state index in [1.54, 1.807) is 0 Å². The highest BCUT2D eigenvalue weighted by molar-refractivity contribution is 5.92. The van der Waals surface area contributed by atoms with Gasteiger partial charge in [0.15, 0.2) is 5.69 Å². The lowest BCUT2D eigenvalue weighted by molar-refractivity contribution is 0.0948. The molecule has 4 heteroatoms. The van der Waals surface area contributed by atoms with Gasteiger partial charge in [-0.15, -0.1) is 0 Å². The monoisotopic (exact) mass is 166 g/mol. The topological polar surface area (TPSA) is 55.1 Å². The van der Waals surface area contributed by atoms with E-state index < -0.39 is 0 Å². The van der Waals surface area contributed by atoms with Crippen LogP contribution >= 0.6 is 0 Å². The van der Waals surface area contributed by atoms with Crippen LogP contribution in [-0.2, 0) is 0 Å². The maximum Gasteiger partial charge on any atom is 0.273 e. The van der Waals surface area contributed by atoms with Crippen molar-refractivity contribution in [2.24, 2.45) is 0 Å². The summed E-state index contributed by atoms with van der Waals surface area (Å²) in [6, 6.07) is 1.51. The Morgan fingerprint density at radius 3 is 3.08 bits per heavy atom. The molecule has 0 bridgehead atoms. The van der Waals surface area contributed by atoms with Crippen molar-refractivity contribution < 1.29 is 9.32 Å². The van der Waals surface area contributed by atoms with Gasteiger partial charge in [0.05, 0.1) is 0 Å². The molecule has 0 radical (unpaired) electrons. The second kappa shape index (κ2) is 3.71. The predicted molar refractivity (Wildman–Crippen MR) is 43.7 cm³/mol. The molecule has 0 saturated carbocycles. The zero-order chi connectivity index (χ0) is 8.97. The molecule has 1 rings (SSSR count).